The van der Waals surface area contributed by atoms with E-state index in [1.165, 1.54) is 11.1 Å². The lowest BCUT2D eigenvalue weighted by molar-refractivity contribution is -0.206. The zero-order valence-electron chi connectivity index (χ0n) is 44.6. The van der Waals surface area contributed by atoms with Crippen molar-refractivity contribution in [2.45, 2.75) is 204 Å². The van der Waals surface area contributed by atoms with Crippen molar-refractivity contribution in [2.24, 2.45) is 63.1 Å². The van der Waals surface area contributed by atoms with Gasteiger partial charge in [-0.25, -0.2) is 0 Å². The SMILES string of the molecule is CNCc1cc(O)cc(C2CC3(C)C4C(CC56CCCC7CCC(CO)CC7C(CC(O)C7OC7(C)C7CCCC7c7cccc(N)c7)C7=C(CCC35)C6(C)CC7=O)NCC(C)(O)CCCCC4(C)C2=O)c1. The molecule has 1 spiro atoms. The quantitative estimate of drug-likeness (QED) is 0.0945. The molecule has 4 bridgehead atoms. The van der Waals surface area contributed by atoms with Gasteiger partial charge in [0.25, 0.3) is 0 Å². The van der Waals surface area contributed by atoms with E-state index in [1.54, 1.807) is 0 Å². The molecule has 2 aliphatic heterocycles. The molecule has 10 heteroatoms. The summed E-state index contributed by atoms with van der Waals surface area (Å²) in [7, 11) is 1.91. The van der Waals surface area contributed by atoms with E-state index >= 15 is 9.59 Å². The number of Topliss-reactive ketones (excluding diaryl/α,β-unsaturated/α-hetero) is 2. The Hall–Kier alpha value is -3.12. The van der Waals surface area contributed by atoms with Gasteiger partial charge < -0.3 is 41.5 Å². The molecule has 10 nitrogen and oxygen atoms in total. The van der Waals surface area contributed by atoms with Gasteiger partial charge >= 0.3 is 0 Å². The van der Waals surface area contributed by atoms with Gasteiger partial charge in [-0.15, -0.1) is 0 Å². The highest BCUT2D eigenvalue weighted by Crippen LogP contribution is 2.77. The highest BCUT2D eigenvalue weighted by Gasteiger charge is 2.73. The van der Waals surface area contributed by atoms with Gasteiger partial charge in [-0.3, -0.25) is 9.59 Å². The number of carbonyl (C=O) groups excluding carboxylic acids is 2. The molecule has 7 fully saturated rings. The van der Waals surface area contributed by atoms with Crippen molar-refractivity contribution >= 4 is 17.3 Å². The fourth-order valence-corrected chi connectivity index (χ4v) is 20.0. The Morgan fingerprint density at radius 3 is 2.49 bits per heavy atom. The minimum Gasteiger partial charge on any atom is -0.508 e. The minimum absolute atomic E-state index is 0.0288. The molecule has 72 heavy (non-hydrogen) atoms. The first-order valence-electron chi connectivity index (χ1n) is 28.9. The van der Waals surface area contributed by atoms with Gasteiger partial charge in [0, 0.05) is 54.6 Å². The molecule has 18 unspecified atom stereocenters. The number of nitrogen functional groups attached to an aromatic ring is 1. The third-order valence-corrected chi connectivity index (χ3v) is 23.0. The number of aliphatic hydroxyl groups excluding tert-OH is 2. The van der Waals surface area contributed by atoms with Crippen molar-refractivity contribution in [3.8, 4) is 5.75 Å². The van der Waals surface area contributed by atoms with Crippen molar-refractivity contribution in [3.63, 3.8) is 0 Å². The molecule has 8 N–H and O–H groups in total. The second-order valence-electron chi connectivity index (χ2n) is 27.1. The van der Waals surface area contributed by atoms with Crippen molar-refractivity contribution in [1.82, 2.24) is 10.6 Å². The van der Waals surface area contributed by atoms with Gasteiger partial charge in [0.2, 0.25) is 0 Å². The summed E-state index contributed by atoms with van der Waals surface area (Å²) < 4.78 is 6.77. The predicted octanol–water partition coefficient (Wildman–Crippen LogP) is 10.1. The van der Waals surface area contributed by atoms with E-state index in [0.29, 0.717) is 56.4 Å². The average Bonchev–Trinajstić information content (AvgIpc) is 3.63. The Labute approximate surface area is 430 Å². The van der Waals surface area contributed by atoms with E-state index in [2.05, 4.69) is 62.6 Å². The maximum absolute atomic E-state index is 15.7. The molecule has 11 rings (SSSR count). The lowest BCUT2D eigenvalue weighted by atomic mass is 9.32. The van der Waals surface area contributed by atoms with Crippen molar-refractivity contribution in [2.75, 3.05) is 25.9 Å². The molecule has 0 aromatic heterocycles. The third kappa shape index (κ3) is 8.14. The molecule has 2 aromatic carbocycles. The number of hydrogen-bond acceptors (Lipinski definition) is 10. The Bertz CT molecular complexity index is 2450. The van der Waals surface area contributed by atoms with Crippen LogP contribution in [0.1, 0.15) is 185 Å². The van der Waals surface area contributed by atoms with E-state index in [9.17, 15) is 20.4 Å². The molecule has 0 amide bonds. The molecule has 2 heterocycles. The number of allylic oxidation sites excluding steroid dienone is 2. The summed E-state index contributed by atoms with van der Waals surface area (Å²) in [4.78, 5) is 31.4. The summed E-state index contributed by atoms with van der Waals surface area (Å²) in [6.07, 6.45) is 15.6. The van der Waals surface area contributed by atoms with Gasteiger partial charge in [0.05, 0.1) is 17.3 Å². The van der Waals surface area contributed by atoms with Crippen LogP contribution in [-0.4, -0.2) is 81.6 Å². The van der Waals surface area contributed by atoms with E-state index in [4.69, 9.17) is 10.5 Å². The summed E-state index contributed by atoms with van der Waals surface area (Å²) in [6.45, 7) is 12.7. The number of fused-ring (bicyclic) bond motifs is 2. The lowest BCUT2D eigenvalue weighted by Gasteiger charge is -2.72. The number of carbonyl (C=O) groups is 2. The highest BCUT2D eigenvalue weighted by atomic mass is 16.6. The Kier molecular flexibility index (Phi) is 13.2. The summed E-state index contributed by atoms with van der Waals surface area (Å²) in [5, 5.41) is 54.0. The Morgan fingerprint density at radius 2 is 1.71 bits per heavy atom. The van der Waals surface area contributed by atoms with Crippen LogP contribution in [0.3, 0.4) is 0 Å². The lowest BCUT2D eigenvalue weighted by Crippen LogP contribution is -2.71. The first kappa shape index (κ1) is 51.0. The topological polar surface area (TPSA) is 178 Å². The number of nitrogens with two attached hydrogens (primary N) is 1. The summed E-state index contributed by atoms with van der Waals surface area (Å²) in [6, 6.07) is 14.1. The Balaban J connectivity index is 1.01. The number of hydrogen-bond donors (Lipinski definition) is 7. The third-order valence-electron chi connectivity index (χ3n) is 23.0. The van der Waals surface area contributed by atoms with E-state index < -0.39 is 28.1 Å². The number of phenols is 1. The predicted molar refractivity (Wildman–Crippen MR) is 282 cm³/mol. The van der Waals surface area contributed by atoms with Crippen molar-refractivity contribution in [1.29, 1.82) is 0 Å². The van der Waals surface area contributed by atoms with Gasteiger partial charge in [0.15, 0.2) is 5.78 Å². The first-order chi connectivity index (χ1) is 34.3. The van der Waals surface area contributed by atoms with Crippen LogP contribution in [0.15, 0.2) is 53.6 Å². The molecule has 2 aromatic rings. The summed E-state index contributed by atoms with van der Waals surface area (Å²) >= 11 is 0. The fraction of sp³-hybridized carbons (Fsp3) is 0.742. The van der Waals surface area contributed by atoms with Crippen LogP contribution in [0.2, 0.25) is 0 Å². The van der Waals surface area contributed by atoms with Gasteiger partial charge in [-0.1, -0.05) is 76.6 Å². The average molecular weight is 988 g/mol. The summed E-state index contributed by atoms with van der Waals surface area (Å²) in [5.41, 5.74) is 9.62. The van der Waals surface area contributed by atoms with Crippen molar-refractivity contribution < 1.29 is 34.8 Å². The number of rotatable bonds is 9. The van der Waals surface area contributed by atoms with Crippen LogP contribution < -0.4 is 16.4 Å². The summed E-state index contributed by atoms with van der Waals surface area (Å²) in [5.74, 6) is 1.89. The number of phenolic OH excluding ortho intramolecular Hbond substituents is 1. The second-order valence-corrected chi connectivity index (χ2v) is 27.1. The largest absolute Gasteiger partial charge is 0.508 e. The Morgan fingerprint density at radius 1 is 0.903 bits per heavy atom. The van der Waals surface area contributed by atoms with Crippen LogP contribution in [0.5, 0.6) is 5.75 Å². The monoisotopic (exact) mass is 988 g/mol. The number of aliphatic hydroxyl groups is 3. The number of anilines is 1. The second kappa shape index (κ2) is 18.6. The van der Waals surface area contributed by atoms with Crippen LogP contribution >= 0.6 is 0 Å². The van der Waals surface area contributed by atoms with Crippen LogP contribution in [-0.2, 0) is 20.9 Å². The standard InChI is InChI=1S/C62H89N3O7/c1-57(71)21-7-8-22-58(2)54-49(65-35-57)31-62-23-11-13-38-18-17-36(34-66)26-44(38)45(29-50(68)56-61(5,72-56)47-16-10-15-43(47)39-12-9-14-41(63)27-39)53-48(60(62,4)32-51(53)69)19-20-52(62)59(54,3)30-46(55(58)70)40-24-37(33-64-6)25-42(67)28-40/h9,12,14,24-25,27-28,36,38,43-47,49-50,52,54,56,64-68,71H,7-8,10-11,13,15-23,26,29-35,63H2,1-6H3. The van der Waals surface area contributed by atoms with Crippen LogP contribution in [0, 0.1) is 63.1 Å². The molecule has 18 atom stereocenters. The molecular formula is C62H89N3O7. The maximum Gasteiger partial charge on any atom is 0.160 e. The van der Waals surface area contributed by atoms with Crippen LogP contribution in [0.25, 0.3) is 0 Å². The first-order valence-corrected chi connectivity index (χ1v) is 28.9. The van der Waals surface area contributed by atoms with Crippen LogP contribution in [0.4, 0.5) is 5.69 Å². The molecular weight excluding hydrogens is 899 g/mol. The molecule has 7 aliphatic carbocycles. The van der Waals surface area contributed by atoms with Gasteiger partial charge in [0.1, 0.15) is 17.6 Å². The number of ether oxygens (including phenoxy) is 1. The van der Waals surface area contributed by atoms with E-state index in [0.717, 1.165) is 119 Å². The van der Waals surface area contributed by atoms with Crippen molar-refractivity contribution in [3.05, 3.63) is 70.3 Å². The maximum atomic E-state index is 15.7. The number of ketones is 2. The van der Waals surface area contributed by atoms with E-state index in [1.807, 2.05) is 32.2 Å². The zero-order valence-corrected chi connectivity index (χ0v) is 44.6. The molecule has 5 saturated carbocycles. The normalized spacial score (nSPS) is 45.4. The number of nitrogens with one attached hydrogen (secondary N) is 2. The molecule has 0 radical (unpaired) electrons. The number of β-amino-alcohol motifs (C(OH)–C–C–N with tert-alkyl or cyclic N) is 1. The smallest absolute Gasteiger partial charge is 0.160 e. The number of benzene rings is 2. The fourth-order valence-electron chi connectivity index (χ4n) is 20.0. The molecule has 2 saturated heterocycles. The molecule has 9 aliphatic rings. The van der Waals surface area contributed by atoms with Gasteiger partial charge in [-0.05, 0) is 209 Å². The highest BCUT2D eigenvalue weighted by molar-refractivity contribution is 6.01. The molecule has 394 valence electrons. The zero-order chi connectivity index (χ0) is 50.8. The number of aromatic hydroxyl groups is 1. The van der Waals surface area contributed by atoms with E-state index in [-0.39, 0.29) is 82.5 Å². The number of epoxide rings is 1. The minimum atomic E-state index is -0.883. The van der Waals surface area contributed by atoms with Gasteiger partial charge in [-0.2, -0.15) is 0 Å².